The zero-order chi connectivity index (χ0) is 20.3. The first-order valence-corrected chi connectivity index (χ1v) is 9.37. The number of nitrogens with zero attached hydrogens (tertiary/aromatic N) is 1. The first kappa shape index (κ1) is 19.9. The van der Waals surface area contributed by atoms with Crippen molar-refractivity contribution in [2.24, 2.45) is 0 Å². The molecule has 1 aliphatic heterocycles. The van der Waals surface area contributed by atoms with Gasteiger partial charge in [-0.2, -0.15) is 0 Å². The maximum absolute atomic E-state index is 12.3. The van der Waals surface area contributed by atoms with Crippen molar-refractivity contribution >= 4 is 40.8 Å². The summed E-state index contributed by atoms with van der Waals surface area (Å²) in [7, 11) is 0. The standard InChI is InChI=1S/C21H21ClN2O4/c1-13-9-14(2)20(17(22)10-13)23-18(25)12-28-21(27)15-5-3-6-16(11-15)24-8-4-7-19(24)26/h3,5-6,9-11H,4,7-8,12H2,1-2H3,(H,23,25). The Kier molecular flexibility index (Phi) is 5.99. The van der Waals surface area contributed by atoms with Gasteiger partial charge in [0, 0.05) is 18.7 Å². The zero-order valence-electron chi connectivity index (χ0n) is 15.8. The van der Waals surface area contributed by atoms with Gasteiger partial charge in [0.1, 0.15) is 0 Å². The van der Waals surface area contributed by atoms with E-state index >= 15 is 0 Å². The van der Waals surface area contributed by atoms with Gasteiger partial charge in [0.2, 0.25) is 5.91 Å². The van der Waals surface area contributed by atoms with Crippen molar-refractivity contribution < 1.29 is 19.1 Å². The molecule has 0 aliphatic carbocycles. The number of esters is 1. The number of hydrogen-bond donors (Lipinski definition) is 1. The van der Waals surface area contributed by atoms with Crippen LogP contribution in [0.1, 0.15) is 34.3 Å². The number of amides is 2. The molecule has 0 radical (unpaired) electrons. The van der Waals surface area contributed by atoms with Gasteiger partial charge in [0.25, 0.3) is 5.91 Å². The van der Waals surface area contributed by atoms with Crippen molar-refractivity contribution in [1.82, 2.24) is 0 Å². The molecule has 1 heterocycles. The largest absolute Gasteiger partial charge is 0.452 e. The van der Waals surface area contributed by atoms with Gasteiger partial charge >= 0.3 is 5.97 Å². The van der Waals surface area contributed by atoms with Crippen LogP contribution in [0.5, 0.6) is 0 Å². The summed E-state index contributed by atoms with van der Waals surface area (Å²) in [6, 6.07) is 10.3. The summed E-state index contributed by atoms with van der Waals surface area (Å²) in [4.78, 5) is 38.0. The van der Waals surface area contributed by atoms with Crippen LogP contribution in [0.2, 0.25) is 5.02 Å². The summed E-state index contributed by atoms with van der Waals surface area (Å²) >= 11 is 6.17. The molecule has 7 heteroatoms. The van der Waals surface area contributed by atoms with Crippen LogP contribution in [0.25, 0.3) is 0 Å². The van der Waals surface area contributed by atoms with Crippen LogP contribution in [0.3, 0.4) is 0 Å². The number of rotatable bonds is 5. The molecule has 146 valence electrons. The second kappa shape index (κ2) is 8.44. The molecule has 1 fully saturated rings. The third-order valence-electron chi connectivity index (χ3n) is 4.50. The average molecular weight is 401 g/mol. The highest BCUT2D eigenvalue weighted by molar-refractivity contribution is 6.34. The number of carbonyl (C=O) groups is 3. The zero-order valence-corrected chi connectivity index (χ0v) is 16.5. The fourth-order valence-electron chi connectivity index (χ4n) is 3.19. The maximum Gasteiger partial charge on any atom is 0.338 e. The van der Waals surface area contributed by atoms with E-state index in [1.807, 2.05) is 19.9 Å². The molecule has 1 saturated heterocycles. The van der Waals surface area contributed by atoms with Gasteiger partial charge in [-0.3, -0.25) is 9.59 Å². The minimum absolute atomic E-state index is 0.0373. The SMILES string of the molecule is Cc1cc(C)c(NC(=O)COC(=O)c2cccc(N3CCCC3=O)c2)c(Cl)c1. The summed E-state index contributed by atoms with van der Waals surface area (Å²) in [5.74, 6) is -1.07. The molecule has 0 bridgehead atoms. The van der Waals surface area contributed by atoms with Crippen molar-refractivity contribution in [2.75, 3.05) is 23.4 Å². The number of nitrogens with one attached hydrogen (secondary N) is 1. The van der Waals surface area contributed by atoms with E-state index in [4.69, 9.17) is 16.3 Å². The van der Waals surface area contributed by atoms with Crippen LogP contribution in [-0.2, 0) is 14.3 Å². The molecule has 0 spiro atoms. The molecule has 3 rings (SSSR count). The molecule has 0 aromatic heterocycles. The van der Waals surface area contributed by atoms with E-state index in [9.17, 15) is 14.4 Å². The number of carbonyl (C=O) groups excluding carboxylic acids is 3. The van der Waals surface area contributed by atoms with Crippen molar-refractivity contribution in [3.05, 3.63) is 58.1 Å². The molecular formula is C21H21ClN2O4. The number of benzene rings is 2. The monoisotopic (exact) mass is 400 g/mol. The fraction of sp³-hybridized carbons (Fsp3) is 0.286. The Hall–Kier alpha value is -2.86. The number of hydrogen-bond acceptors (Lipinski definition) is 4. The topological polar surface area (TPSA) is 75.7 Å². The summed E-state index contributed by atoms with van der Waals surface area (Å²) in [5.41, 5.74) is 3.26. The van der Waals surface area contributed by atoms with Crippen molar-refractivity contribution in [3.63, 3.8) is 0 Å². The second-order valence-electron chi connectivity index (χ2n) is 6.76. The lowest BCUT2D eigenvalue weighted by atomic mass is 10.1. The second-order valence-corrected chi connectivity index (χ2v) is 7.17. The van der Waals surface area contributed by atoms with Crippen LogP contribution < -0.4 is 10.2 Å². The number of anilines is 2. The van der Waals surface area contributed by atoms with Gasteiger partial charge in [-0.05, 0) is 55.7 Å². The smallest absolute Gasteiger partial charge is 0.338 e. The van der Waals surface area contributed by atoms with Crippen molar-refractivity contribution in [1.29, 1.82) is 0 Å². The van der Waals surface area contributed by atoms with E-state index in [0.29, 0.717) is 29.4 Å². The van der Waals surface area contributed by atoms with Crippen molar-refractivity contribution in [3.8, 4) is 0 Å². The number of aryl methyl sites for hydroxylation is 2. The van der Waals surface area contributed by atoms with E-state index in [2.05, 4.69) is 5.32 Å². The van der Waals surface area contributed by atoms with E-state index < -0.39 is 18.5 Å². The summed E-state index contributed by atoms with van der Waals surface area (Å²) in [5, 5.41) is 3.10. The fourth-order valence-corrected chi connectivity index (χ4v) is 3.55. The van der Waals surface area contributed by atoms with Crippen LogP contribution in [0, 0.1) is 13.8 Å². The molecule has 1 N–H and O–H groups in total. The van der Waals surface area contributed by atoms with Crippen LogP contribution in [-0.4, -0.2) is 30.9 Å². The highest BCUT2D eigenvalue weighted by atomic mass is 35.5. The van der Waals surface area contributed by atoms with E-state index in [1.165, 1.54) is 0 Å². The normalized spacial score (nSPS) is 13.5. The molecule has 0 atom stereocenters. The molecule has 2 aromatic carbocycles. The molecule has 28 heavy (non-hydrogen) atoms. The Morgan fingerprint density at radius 3 is 2.68 bits per heavy atom. The summed E-state index contributed by atoms with van der Waals surface area (Å²) in [6.07, 6.45) is 1.31. The van der Waals surface area contributed by atoms with E-state index in [0.717, 1.165) is 17.5 Å². The lowest BCUT2D eigenvalue weighted by Crippen LogP contribution is -2.24. The molecule has 6 nitrogen and oxygen atoms in total. The maximum atomic E-state index is 12.3. The first-order chi connectivity index (χ1) is 13.3. The van der Waals surface area contributed by atoms with Crippen LogP contribution in [0.4, 0.5) is 11.4 Å². The lowest BCUT2D eigenvalue weighted by Gasteiger charge is -2.16. The van der Waals surface area contributed by atoms with Gasteiger partial charge < -0.3 is 15.0 Å². The molecule has 1 aliphatic rings. The predicted octanol–water partition coefficient (Wildman–Crippen LogP) is 3.88. The Morgan fingerprint density at radius 1 is 1.21 bits per heavy atom. The van der Waals surface area contributed by atoms with E-state index in [-0.39, 0.29) is 11.5 Å². The van der Waals surface area contributed by atoms with Crippen LogP contribution >= 0.6 is 11.6 Å². The van der Waals surface area contributed by atoms with Crippen molar-refractivity contribution in [2.45, 2.75) is 26.7 Å². The first-order valence-electron chi connectivity index (χ1n) is 8.99. The number of ether oxygens (including phenoxy) is 1. The average Bonchev–Trinajstić information content (AvgIpc) is 3.08. The minimum Gasteiger partial charge on any atom is -0.452 e. The van der Waals surface area contributed by atoms with Gasteiger partial charge in [-0.15, -0.1) is 0 Å². The number of halogens is 1. The van der Waals surface area contributed by atoms with Gasteiger partial charge in [-0.25, -0.2) is 4.79 Å². The third kappa shape index (κ3) is 4.51. The quantitative estimate of drug-likeness (QED) is 0.773. The Morgan fingerprint density at radius 2 is 2.00 bits per heavy atom. The molecular weight excluding hydrogens is 380 g/mol. The molecule has 0 saturated carbocycles. The summed E-state index contributed by atoms with van der Waals surface area (Å²) in [6.45, 7) is 3.95. The Balaban J connectivity index is 1.61. The highest BCUT2D eigenvalue weighted by Gasteiger charge is 2.22. The lowest BCUT2D eigenvalue weighted by molar-refractivity contribution is -0.119. The predicted molar refractivity (Wildman–Crippen MR) is 108 cm³/mol. The van der Waals surface area contributed by atoms with Gasteiger partial charge in [0.05, 0.1) is 16.3 Å². The molecule has 2 amide bonds. The summed E-state index contributed by atoms with van der Waals surface area (Å²) < 4.78 is 5.11. The van der Waals surface area contributed by atoms with Gasteiger partial charge in [-0.1, -0.05) is 23.7 Å². The molecule has 2 aromatic rings. The van der Waals surface area contributed by atoms with E-state index in [1.54, 1.807) is 35.2 Å². The third-order valence-corrected chi connectivity index (χ3v) is 4.80. The Bertz CT molecular complexity index is 919. The van der Waals surface area contributed by atoms with Gasteiger partial charge in [0.15, 0.2) is 6.61 Å². The highest BCUT2D eigenvalue weighted by Crippen LogP contribution is 2.27. The van der Waals surface area contributed by atoms with Crippen LogP contribution in [0.15, 0.2) is 36.4 Å². The minimum atomic E-state index is -0.629. The molecule has 0 unspecified atom stereocenters. The Labute approximate surface area is 168 Å².